The smallest absolute Gasteiger partial charge is 0.335 e. The second-order valence-corrected chi connectivity index (χ2v) is 5.52. The minimum atomic E-state index is -0.936. The van der Waals surface area contributed by atoms with Crippen LogP contribution in [0.25, 0.3) is 0 Å². The highest BCUT2D eigenvalue weighted by molar-refractivity contribution is 5.87. The first-order chi connectivity index (χ1) is 11.6. The van der Waals surface area contributed by atoms with Gasteiger partial charge in [-0.2, -0.15) is 0 Å². The molecule has 0 atom stereocenters. The van der Waals surface area contributed by atoms with Gasteiger partial charge in [-0.1, -0.05) is 42.5 Å². The Morgan fingerprint density at radius 2 is 1.42 bits per heavy atom. The summed E-state index contributed by atoms with van der Waals surface area (Å²) in [4.78, 5) is 22.5. The quantitative estimate of drug-likeness (QED) is 0.653. The third-order valence-corrected chi connectivity index (χ3v) is 3.67. The summed E-state index contributed by atoms with van der Waals surface area (Å²) in [7, 11) is 0. The van der Waals surface area contributed by atoms with Gasteiger partial charge in [-0.05, 0) is 42.5 Å². The Morgan fingerprint density at radius 1 is 0.792 bits per heavy atom. The van der Waals surface area contributed by atoms with Gasteiger partial charge in [0.05, 0.1) is 5.56 Å². The fraction of sp³-hybridized carbons (Fsp3) is 0.263. The van der Waals surface area contributed by atoms with Crippen LogP contribution in [0.4, 0.5) is 4.79 Å². The Labute approximate surface area is 141 Å². The molecule has 0 spiro atoms. The number of carboxylic acid groups (broad SMARTS) is 1. The van der Waals surface area contributed by atoms with Gasteiger partial charge in [0.25, 0.3) is 0 Å². The Bertz CT molecular complexity index is 654. The molecule has 0 aliphatic carbocycles. The van der Waals surface area contributed by atoms with Crippen molar-refractivity contribution >= 4 is 12.0 Å². The number of carbonyl (C=O) groups excluding carboxylic acids is 1. The molecule has 24 heavy (non-hydrogen) atoms. The van der Waals surface area contributed by atoms with E-state index in [4.69, 9.17) is 5.11 Å². The van der Waals surface area contributed by atoms with Gasteiger partial charge in [0.2, 0.25) is 0 Å². The molecule has 0 unspecified atom stereocenters. The van der Waals surface area contributed by atoms with Gasteiger partial charge in [0, 0.05) is 13.1 Å². The molecule has 2 amide bonds. The van der Waals surface area contributed by atoms with Crippen LogP contribution in [-0.4, -0.2) is 30.2 Å². The zero-order chi connectivity index (χ0) is 17.2. The number of carbonyl (C=O) groups is 2. The van der Waals surface area contributed by atoms with E-state index in [0.717, 1.165) is 18.4 Å². The van der Waals surface area contributed by atoms with Crippen LogP contribution in [0.5, 0.6) is 0 Å². The molecule has 2 aromatic carbocycles. The van der Waals surface area contributed by atoms with E-state index >= 15 is 0 Å². The van der Waals surface area contributed by atoms with Gasteiger partial charge >= 0.3 is 12.0 Å². The highest BCUT2D eigenvalue weighted by Gasteiger charge is 2.03. The van der Waals surface area contributed by atoms with Crippen molar-refractivity contribution in [3.8, 4) is 0 Å². The zero-order valence-corrected chi connectivity index (χ0v) is 13.5. The lowest BCUT2D eigenvalue weighted by Crippen LogP contribution is -2.37. The van der Waals surface area contributed by atoms with E-state index in [2.05, 4.69) is 22.8 Å². The third-order valence-electron chi connectivity index (χ3n) is 3.67. The van der Waals surface area contributed by atoms with Crippen LogP contribution in [0.15, 0.2) is 54.6 Å². The van der Waals surface area contributed by atoms with Crippen LogP contribution >= 0.6 is 0 Å². The van der Waals surface area contributed by atoms with E-state index in [1.54, 1.807) is 24.3 Å². The topological polar surface area (TPSA) is 78.4 Å². The first kappa shape index (κ1) is 17.5. The summed E-state index contributed by atoms with van der Waals surface area (Å²) in [5, 5.41) is 14.5. The molecule has 0 saturated carbocycles. The molecule has 0 fully saturated rings. The van der Waals surface area contributed by atoms with Crippen molar-refractivity contribution in [2.45, 2.75) is 19.3 Å². The number of amides is 2. The Balaban J connectivity index is 1.58. The Morgan fingerprint density at radius 3 is 2.08 bits per heavy atom. The fourth-order valence-corrected chi connectivity index (χ4v) is 2.34. The van der Waals surface area contributed by atoms with Gasteiger partial charge in [-0.25, -0.2) is 9.59 Å². The van der Waals surface area contributed by atoms with E-state index in [1.807, 2.05) is 18.2 Å². The van der Waals surface area contributed by atoms with Crippen LogP contribution in [0.1, 0.15) is 27.9 Å². The molecule has 126 valence electrons. The van der Waals surface area contributed by atoms with Crippen LogP contribution in [0.3, 0.4) is 0 Å². The lowest BCUT2D eigenvalue weighted by atomic mass is 10.1. The van der Waals surface area contributed by atoms with Crippen molar-refractivity contribution < 1.29 is 14.7 Å². The second kappa shape index (κ2) is 9.35. The number of aryl methyl sites for hydroxylation is 1. The van der Waals surface area contributed by atoms with Crippen molar-refractivity contribution in [3.63, 3.8) is 0 Å². The molecule has 2 rings (SSSR count). The van der Waals surface area contributed by atoms with Gasteiger partial charge in [0.1, 0.15) is 0 Å². The van der Waals surface area contributed by atoms with Crippen molar-refractivity contribution in [1.29, 1.82) is 0 Å². The van der Waals surface area contributed by atoms with E-state index in [1.165, 1.54) is 5.56 Å². The summed E-state index contributed by atoms with van der Waals surface area (Å²) in [5.74, 6) is -0.936. The molecule has 0 radical (unpaired) electrons. The summed E-state index contributed by atoms with van der Waals surface area (Å²) in [6.07, 6.45) is 2.50. The fourth-order valence-electron chi connectivity index (χ4n) is 2.34. The van der Waals surface area contributed by atoms with E-state index < -0.39 is 5.97 Å². The van der Waals surface area contributed by atoms with Crippen molar-refractivity contribution in [2.75, 3.05) is 13.1 Å². The third kappa shape index (κ3) is 6.12. The molecule has 0 heterocycles. The van der Waals surface area contributed by atoms with Crippen molar-refractivity contribution in [1.82, 2.24) is 10.6 Å². The number of hydrogen-bond donors (Lipinski definition) is 3. The lowest BCUT2D eigenvalue weighted by Gasteiger charge is -2.08. The van der Waals surface area contributed by atoms with Crippen LogP contribution < -0.4 is 10.6 Å². The minimum absolute atomic E-state index is 0.176. The molecule has 0 aliphatic rings. The molecule has 0 saturated heterocycles. The first-order valence-electron chi connectivity index (χ1n) is 8.03. The van der Waals surface area contributed by atoms with Crippen molar-refractivity contribution in [2.24, 2.45) is 0 Å². The van der Waals surface area contributed by atoms with Gasteiger partial charge in [0.15, 0.2) is 0 Å². The number of carboxylic acids is 1. The monoisotopic (exact) mass is 326 g/mol. The molecular weight excluding hydrogens is 304 g/mol. The normalized spacial score (nSPS) is 10.2. The molecule has 2 aromatic rings. The van der Waals surface area contributed by atoms with Crippen LogP contribution in [0.2, 0.25) is 0 Å². The van der Waals surface area contributed by atoms with Gasteiger partial charge in [-0.15, -0.1) is 0 Å². The molecule has 5 nitrogen and oxygen atoms in total. The van der Waals surface area contributed by atoms with E-state index in [9.17, 15) is 9.59 Å². The van der Waals surface area contributed by atoms with Gasteiger partial charge in [-0.3, -0.25) is 0 Å². The average Bonchev–Trinajstić information content (AvgIpc) is 2.60. The second-order valence-electron chi connectivity index (χ2n) is 5.52. The summed E-state index contributed by atoms with van der Waals surface area (Å²) < 4.78 is 0. The maximum absolute atomic E-state index is 11.7. The number of nitrogens with one attached hydrogen (secondary N) is 2. The number of aromatic carboxylic acids is 1. The number of urea groups is 1. The number of rotatable bonds is 8. The predicted molar refractivity (Wildman–Crippen MR) is 93.3 cm³/mol. The number of hydrogen-bond acceptors (Lipinski definition) is 2. The highest BCUT2D eigenvalue weighted by Crippen LogP contribution is 2.05. The standard InChI is InChI=1S/C19H22N2O3/c22-18(23)17-10-8-16(9-11-17)12-14-21-19(24)20-13-4-7-15-5-2-1-3-6-15/h1-3,5-6,8-11H,4,7,12-14H2,(H,22,23)(H2,20,21,24). The molecular formula is C19H22N2O3. The minimum Gasteiger partial charge on any atom is -0.478 e. The number of benzene rings is 2. The lowest BCUT2D eigenvalue weighted by molar-refractivity contribution is 0.0697. The van der Waals surface area contributed by atoms with Crippen LogP contribution in [-0.2, 0) is 12.8 Å². The summed E-state index contributed by atoms with van der Waals surface area (Å²) in [6.45, 7) is 1.14. The zero-order valence-electron chi connectivity index (χ0n) is 13.5. The Kier molecular flexibility index (Phi) is 6.83. The summed E-state index contributed by atoms with van der Waals surface area (Å²) in [5.41, 5.74) is 2.52. The van der Waals surface area contributed by atoms with Crippen molar-refractivity contribution in [3.05, 3.63) is 71.3 Å². The molecule has 3 N–H and O–H groups in total. The Hall–Kier alpha value is -2.82. The van der Waals surface area contributed by atoms with Gasteiger partial charge < -0.3 is 15.7 Å². The maximum atomic E-state index is 11.7. The predicted octanol–water partition coefficient (Wildman–Crippen LogP) is 2.86. The van der Waals surface area contributed by atoms with Crippen LogP contribution in [0, 0.1) is 0 Å². The van der Waals surface area contributed by atoms with E-state index in [0.29, 0.717) is 19.5 Å². The highest BCUT2D eigenvalue weighted by atomic mass is 16.4. The molecule has 5 heteroatoms. The SMILES string of the molecule is O=C(NCCCc1ccccc1)NCCc1ccc(C(=O)O)cc1. The largest absolute Gasteiger partial charge is 0.478 e. The molecule has 0 aromatic heterocycles. The maximum Gasteiger partial charge on any atom is 0.335 e. The molecule has 0 aliphatic heterocycles. The molecule has 0 bridgehead atoms. The van der Waals surface area contributed by atoms with E-state index in [-0.39, 0.29) is 11.6 Å². The average molecular weight is 326 g/mol. The summed E-state index contributed by atoms with van der Waals surface area (Å²) >= 11 is 0. The first-order valence-corrected chi connectivity index (χ1v) is 8.03. The summed E-state index contributed by atoms with van der Waals surface area (Å²) in [6, 6.07) is 16.7.